The van der Waals surface area contributed by atoms with Gasteiger partial charge in [0.1, 0.15) is 6.10 Å². The molecule has 1 aromatic carbocycles. The molecule has 1 aromatic heterocycles. The highest BCUT2D eigenvalue weighted by Gasteiger charge is 2.54. The van der Waals surface area contributed by atoms with Crippen molar-refractivity contribution in [3.05, 3.63) is 46.2 Å². The Morgan fingerprint density at radius 2 is 1.82 bits per heavy atom. The van der Waals surface area contributed by atoms with Crippen molar-refractivity contribution in [2.24, 2.45) is 0 Å². The second-order valence-electron chi connectivity index (χ2n) is 4.94. The summed E-state index contributed by atoms with van der Waals surface area (Å²) < 4.78 is 67.0. The Labute approximate surface area is 125 Å². The second-order valence-corrected chi connectivity index (χ2v) is 5.37. The number of nitrogens with zero attached hydrogens (tertiary/aromatic N) is 2. The molecule has 1 aliphatic rings. The standard InChI is InChI=1S/C13H8ClF5N2O/c14-6-1-3-7(4-2-6)21-8-5-12(15,16)11(22)9(8)10(20-21)13(17,18)19/h1-4,11,22H,5H2. The van der Waals surface area contributed by atoms with Crippen molar-refractivity contribution in [1.82, 2.24) is 9.78 Å². The van der Waals surface area contributed by atoms with Gasteiger partial charge in [-0.2, -0.15) is 18.3 Å². The van der Waals surface area contributed by atoms with Crippen LogP contribution in [0, 0.1) is 0 Å². The highest BCUT2D eigenvalue weighted by molar-refractivity contribution is 6.30. The van der Waals surface area contributed by atoms with Gasteiger partial charge in [-0.15, -0.1) is 0 Å². The molecule has 118 valence electrons. The lowest BCUT2D eigenvalue weighted by Gasteiger charge is -2.15. The highest BCUT2D eigenvalue weighted by Crippen LogP contribution is 2.48. The van der Waals surface area contributed by atoms with E-state index < -0.39 is 35.9 Å². The molecule has 1 unspecified atom stereocenters. The smallest absolute Gasteiger partial charge is 0.382 e. The lowest BCUT2D eigenvalue weighted by molar-refractivity contribution is -0.146. The molecule has 3 nitrogen and oxygen atoms in total. The third kappa shape index (κ3) is 2.26. The van der Waals surface area contributed by atoms with Crippen molar-refractivity contribution < 1.29 is 27.1 Å². The van der Waals surface area contributed by atoms with Crippen LogP contribution in [0.15, 0.2) is 24.3 Å². The van der Waals surface area contributed by atoms with Gasteiger partial charge in [0.15, 0.2) is 5.69 Å². The van der Waals surface area contributed by atoms with Crippen molar-refractivity contribution in [1.29, 1.82) is 0 Å². The summed E-state index contributed by atoms with van der Waals surface area (Å²) in [6.45, 7) is 0. The van der Waals surface area contributed by atoms with E-state index in [2.05, 4.69) is 5.10 Å². The van der Waals surface area contributed by atoms with Crippen LogP contribution in [0.2, 0.25) is 5.02 Å². The predicted octanol–water partition coefficient (Wildman–Crippen LogP) is 3.77. The molecule has 1 N–H and O–H groups in total. The van der Waals surface area contributed by atoms with Crippen LogP contribution in [-0.4, -0.2) is 20.8 Å². The van der Waals surface area contributed by atoms with Crippen molar-refractivity contribution in [2.75, 3.05) is 0 Å². The SMILES string of the molecule is OC1c2c(C(F)(F)F)nn(-c3ccc(Cl)cc3)c2CC1(F)F. The quantitative estimate of drug-likeness (QED) is 0.804. The van der Waals surface area contributed by atoms with Crippen LogP contribution in [0.1, 0.15) is 23.1 Å². The van der Waals surface area contributed by atoms with Gasteiger partial charge >= 0.3 is 6.18 Å². The molecule has 0 radical (unpaired) electrons. The van der Waals surface area contributed by atoms with Crippen LogP contribution in [-0.2, 0) is 12.6 Å². The molecular formula is C13H8ClF5N2O. The fraction of sp³-hybridized carbons (Fsp3) is 0.308. The Hall–Kier alpha value is -1.67. The molecular weight excluding hydrogens is 331 g/mol. The predicted molar refractivity (Wildman–Crippen MR) is 67.2 cm³/mol. The van der Waals surface area contributed by atoms with Crippen molar-refractivity contribution in [3.63, 3.8) is 0 Å². The number of hydrogen-bond donors (Lipinski definition) is 1. The van der Waals surface area contributed by atoms with Crippen molar-refractivity contribution in [3.8, 4) is 5.69 Å². The molecule has 0 saturated carbocycles. The number of aliphatic hydroxyl groups is 1. The van der Waals surface area contributed by atoms with Gasteiger partial charge in [0.25, 0.3) is 5.92 Å². The number of rotatable bonds is 1. The molecule has 22 heavy (non-hydrogen) atoms. The number of aromatic nitrogens is 2. The fourth-order valence-corrected chi connectivity index (χ4v) is 2.58. The van der Waals surface area contributed by atoms with Crippen LogP contribution in [0.3, 0.4) is 0 Å². The third-order valence-corrected chi connectivity index (χ3v) is 3.69. The molecule has 0 amide bonds. The van der Waals surface area contributed by atoms with Gasteiger partial charge in [-0.05, 0) is 24.3 Å². The normalized spacial score (nSPS) is 20.2. The maximum atomic E-state index is 13.6. The van der Waals surface area contributed by atoms with E-state index in [9.17, 15) is 27.1 Å². The molecule has 2 aromatic rings. The molecule has 1 aliphatic carbocycles. The molecule has 0 fully saturated rings. The summed E-state index contributed by atoms with van der Waals surface area (Å²) in [6.07, 6.45) is -8.49. The van der Waals surface area contributed by atoms with E-state index in [1.54, 1.807) is 0 Å². The first kappa shape index (κ1) is 15.2. The largest absolute Gasteiger partial charge is 0.435 e. The van der Waals surface area contributed by atoms with Gasteiger partial charge in [0, 0.05) is 10.6 Å². The summed E-state index contributed by atoms with van der Waals surface area (Å²) in [5, 5.41) is 13.2. The maximum absolute atomic E-state index is 13.6. The van der Waals surface area contributed by atoms with Crippen molar-refractivity contribution in [2.45, 2.75) is 24.6 Å². The first-order valence-corrected chi connectivity index (χ1v) is 6.50. The summed E-state index contributed by atoms with van der Waals surface area (Å²) in [5.74, 6) is -3.66. The monoisotopic (exact) mass is 338 g/mol. The first-order chi connectivity index (χ1) is 10.1. The molecule has 9 heteroatoms. The lowest BCUT2D eigenvalue weighted by Crippen LogP contribution is -2.24. The Balaban J connectivity index is 2.22. The van der Waals surface area contributed by atoms with Crippen LogP contribution in [0.5, 0.6) is 0 Å². The molecule has 0 aliphatic heterocycles. The zero-order valence-corrected chi connectivity index (χ0v) is 11.5. The lowest BCUT2D eigenvalue weighted by atomic mass is 10.1. The minimum atomic E-state index is -4.94. The van der Waals surface area contributed by atoms with E-state index in [1.165, 1.54) is 24.3 Å². The number of hydrogen-bond acceptors (Lipinski definition) is 2. The van der Waals surface area contributed by atoms with Gasteiger partial charge in [-0.3, -0.25) is 0 Å². The number of benzene rings is 1. The van der Waals surface area contributed by atoms with E-state index in [1.807, 2.05) is 0 Å². The van der Waals surface area contributed by atoms with E-state index >= 15 is 0 Å². The minimum absolute atomic E-state index is 0.154. The minimum Gasteiger partial charge on any atom is -0.382 e. The van der Waals surface area contributed by atoms with Gasteiger partial charge in [0.2, 0.25) is 0 Å². The summed E-state index contributed by atoms with van der Waals surface area (Å²) in [5.41, 5.74) is -2.57. The van der Waals surface area contributed by atoms with Crippen molar-refractivity contribution >= 4 is 11.6 Å². The fourth-order valence-electron chi connectivity index (χ4n) is 2.46. The third-order valence-electron chi connectivity index (χ3n) is 3.44. The van der Waals surface area contributed by atoms with E-state index in [0.717, 1.165) is 4.68 Å². The molecule has 1 atom stereocenters. The summed E-state index contributed by atoms with van der Waals surface area (Å²) >= 11 is 5.69. The Kier molecular flexibility index (Phi) is 3.23. The average Bonchev–Trinajstić information content (AvgIpc) is 2.86. The average molecular weight is 339 g/mol. The van der Waals surface area contributed by atoms with Gasteiger partial charge in [0.05, 0.1) is 17.8 Å². The number of halogens is 6. The van der Waals surface area contributed by atoms with Gasteiger partial charge in [-0.25, -0.2) is 13.5 Å². The van der Waals surface area contributed by atoms with Gasteiger partial charge in [-0.1, -0.05) is 11.6 Å². The number of fused-ring (bicyclic) bond motifs is 1. The zero-order valence-electron chi connectivity index (χ0n) is 10.7. The molecule has 0 spiro atoms. The van der Waals surface area contributed by atoms with E-state index in [0.29, 0.717) is 5.02 Å². The second kappa shape index (κ2) is 4.66. The van der Waals surface area contributed by atoms with Crippen LogP contribution >= 0.6 is 11.6 Å². The summed E-state index contributed by atoms with van der Waals surface area (Å²) in [7, 11) is 0. The molecule has 0 bridgehead atoms. The first-order valence-electron chi connectivity index (χ1n) is 6.12. The van der Waals surface area contributed by atoms with Crippen LogP contribution < -0.4 is 0 Å². The zero-order chi connectivity index (χ0) is 16.3. The topological polar surface area (TPSA) is 38.1 Å². The van der Waals surface area contributed by atoms with E-state index in [-0.39, 0.29) is 11.4 Å². The Bertz CT molecular complexity index is 723. The van der Waals surface area contributed by atoms with E-state index in [4.69, 9.17) is 11.6 Å². The molecule has 0 saturated heterocycles. The highest BCUT2D eigenvalue weighted by atomic mass is 35.5. The maximum Gasteiger partial charge on any atom is 0.435 e. The molecule has 3 rings (SSSR count). The van der Waals surface area contributed by atoms with Crippen LogP contribution in [0.25, 0.3) is 5.69 Å². The number of alkyl halides is 5. The summed E-state index contributed by atoms with van der Waals surface area (Å²) in [6, 6.07) is 5.53. The summed E-state index contributed by atoms with van der Waals surface area (Å²) in [4.78, 5) is 0. The Morgan fingerprint density at radius 3 is 2.36 bits per heavy atom. The Morgan fingerprint density at radius 1 is 1.23 bits per heavy atom. The van der Waals surface area contributed by atoms with Gasteiger partial charge < -0.3 is 5.11 Å². The van der Waals surface area contributed by atoms with Crippen LogP contribution in [0.4, 0.5) is 22.0 Å². The number of aliphatic hydroxyl groups excluding tert-OH is 1. The molecule has 1 heterocycles.